The summed E-state index contributed by atoms with van der Waals surface area (Å²) in [7, 11) is 0. The molecule has 0 bridgehead atoms. The number of hydrogen-bond donors (Lipinski definition) is 1. The van der Waals surface area contributed by atoms with Crippen molar-refractivity contribution in [2.45, 2.75) is 26.3 Å². The zero-order valence-corrected chi connectivity index (χ0v) is 17.1. The number of hydrogen-bond acceptors (Lipinski definition) is 4. The Hall–Kier alpha value is -1.89. The lowest BCUT2D eigenvalue weighted by atomic mass is 10.0. The second kappa shape index (κ2) is 8.42. The molecule has 1 aromatic heterocycles. The van der Waals surface area contributed by atoms with Crippen LogP contribution in [0.1, 0.15) is 38.6 Å². The van der Waals surface area contributed by atoms with Crippen LogP contribution >= 0.6 is 22.9 Å². The second-order valence-corrected chi connectivity index (χ2v) is 8.33. The van der Waals surface area contributed by atoms with E-state index in [4.69, 9.17) is 17.3 Å². The van der Waals surface area contributed by atoms with Gasteiger partial charge in [0.05, 0.1) is 4.88 Å². The first-order valence-electron chi connectivity index (χ1n) is 9.08. The topological polar surface area (TPSA) is 66.6 Å². The number of carbonyl (C=O) groups is 2. The van der Waals surface area contributed by atoms with E-state index >= 15 is 0 Å². The summed E-state index contributed by atoms with van der Waals surface area (Å²) in [6.07, 6.45) is 0.943. The van der Waals surface area contributed by atoms with Gasteiger partial charge in [-0.15, -0.1) is 11.3 Å². The molecule has 0 aliphatic carbocycles. The summed E-state index contributed by atoms with van der Waals surface area (Å²) in [6.45, 7) is 6.52. The van der Waals surface area contributed by atoms with Gasteiger partial charge in [-0.25, -0.2) is 0 Å². The van der Waals surface area contributed by atoms with E-state index in [2.05, 4.69) is 6.92 Å². The van der Waals surface area contributed by atoms with Gasteiger partial charge >= 0.3 is 0 Å². The summed E-state index contributed by atoms with van der Waals surface area (Å²) in [5.74, 6) is -0.317. The molecule has 1 aromatic carbocycles. The Labute approximate surface area is 168 Å². The Morgan fingerprint density at radius 3 is 2.33 bits per heavy atom. The van der Waals surface area contributed by atoms with Crippen LogP contribution in [0.15, 0.2) is 30.3 Å². The standard InChI is InChI=1S/C20H24ClN3O2S/c1-3-16-13(2)12-17(27-16)20(26)24-10-8-23(9-11-24)18(19(22)25)14-4-6-15(21)7-5-14/h4-7,12,18H,3,8-11H2,1-2H3,(H2,22,25). The number of aryl methyl sites for hydroxylation is 2. The van der Waals surface area contributed by atoms with Gasteiger partial charge in [-0.1, -0.05) is 30.7 Å². The minimum absolute atomic E-state index is 0.0737. The molecule has 2 aromatic rings. The van der Waals surface area contributed by atoms with Crippen molar-refractivity contribution in [3.8, 4) is 0 Å². The molecular weight excluding hydrogens is 382 g/mol. The Balaban J connectivity index is 1.68. The van der Waals surface area contributed by atoms with Crippen LogP contribution < -0.4 is 5.73 Å². The molecule has 3 rings (SSSR count). The molecule has 2 amide bonds. The largest absolute Gasteiger partial charge is 0.368 e. The fraction of sp³-hybridized carbons (Fsp3) is 0.400. The number of primary amides is 1. The van der Waals surface area contributed by atoms with Gasteiger partial charge in [0.1, 0.15) is 6.04 Å². The van der Waals surface area contributed by atoms with Gasteiger partial charge in [-0.05, 0) is 42.7 Å². The van der Waals surface area contributed by atoms with E-state index < -0.39 is 11.9 Å². The second-order valence-electron chi connectivity index (χ2n) is 6.76. The van der Waals surface area contributed by atoms with Gasteiger partial charge in [0.15, 0.2) is 0 Å². The molecule has 1 aliphatic rings. The van der Waals surface area contributed by atoms with Crippen molar-refractivity contribution in [3.05, 3.63) is 56.2 Å². The highest BCUT2D eigenvalue weighted by molar-refractivity contribution is 7.14. The van der Waals surface area contributed by atoms with Crippen LogP contribution in [0, 0.1) is 6.92 Å². The van der Waals surface area contributed by atoms with Gasteiger partial charge in [0.25, 0.3) is 5.91 Å². The van der Waals surface area contributed by atoms with E-state index in [0.717, 1.165) is 16.9 Å². The molecule has 1 unspecified atom stereocenters. The molecular formula is C20H24ClN3O2S. The number of piperazine rings is 1. The summed E-state index contributed by atoms with van der Waals surface area (Å²) in [6, 6.07) is 8.66. The number of carbonyl (C=O) groups excluding carboxylic acids is 2. The van der Waals surface area contributed by atoms with Gasteiger partial charge in [-0.2, -0.15) is 0 Å². The summed E-state index contributed by atoms with van der Waals surface area (Å²) < 4.78 is 0. The quantitative estimate of drug-likeness (QED) is 0.830. The molecule has 5 nitrogen and oxygen atoms in total. The lowest BCUT2D eigenvalue weighted by molar-refractivity contribution is -0.124. The predicted octanol–water partition coefficient (Wildman–Crippen LogP) is 3.26. The van der Waals surface area contributed by atoms with Crippen molar-refractivity contribution in [1.82, 2.24) is 9.80 Å². The first-order valence-corrected chi connectivity index (χ1v) is 10.3. The molecule has 1 saturated heterocycles. The highest BCUT2D eigenvalue weighted by atomic mass is 35.5. The van der Waals surface area contributed by atoms with Crippen LogP contribution in [0.5, 0.6) is 0 Å². The number of thiophene rings is 1. The van der Waals surface area contributed by atoms with Crippen LogP contribution in [-0.2, 0) is 11.2 Å². The molecule has 0 radical (unpaired) electrons. The third-order valence-electron chi connectivity index (χ3n) is 4.97. The Bertz CT molecular complexity index is 826. The number of rotatable bonds is 5. The highest BCUT2D eigenvalue weighted by Gasteiger charge is 2.31. The van der Waals surface area contributed by atoms with Crippen molar-refractivity contribution in [3.63, 3.8) is 0 Å². The van der Waals surface area contributed by atoms with Gasteiger partial charge in [0, 0.05) is 36.1 Å². The average Bonchev–Trinajstić information content (AvgIpc) is 3.04. The van der Waals surface area contributed by atoms with Crippen molar-refractivity contribution in [1.29, 1.82) is 0 Å². The zero-order valence-electron chi connectivity index (χ0n) is 15.6. The fourth-order valence-corrected chi connectivity index (χ4v) is 4.72. The molecule has 0 spiro atoms. The van der Waals surface area contributed by atoms with Gasteiger partial charge < -0.3 is 10.6 Å². The van der Waals surface area contributed by atoms with Crippen LogP contribution in [0.3, 0.4) is 0 Å². The van der Waals surface area contributed by atoms with E-state index in [0.29, 0.717) is 31.2 Å². The summed E-state index contributed by atoms with van der Waals surface area (Å²) in [4.78, 5) is 30.8. The van der Waals surface area contributed by atoms with Crippen molar-refractivity contribution in [2.24, 2.45) is 5.73 Å². The number of benzene rings is 1. The van der Waals surface area contributed by atoms with E-state index in [9.17, 15) is 9.59 Å². The first kappa shape index (κ1) is 19.9. The fourth-order valence-electron chi connectivity index (χ4n) is 3.52. The van der Waals surface area contributed by atoms with E-state index in [1.807, 2.05) is 34.9 Å². The van der Waals surface area contributed by atoms with Gasteiger partial charge in [0.2, 0.25) is 5.91 Å². The third-order valence-corrected chi connectivity index (χ3v) is 6.60. The maximum absolute atomic E-state index is 12.8. The van der Waals surface area contributed by atoms with E-state index in [-0.39, 0.29) is 5.91 Å². The lowest BCUT2D eigenvalue weighted by Gasteiger charge is -2.38. The molecule has 0 saturated carbocycles. The number of nitrogens with two attached hydrogens (primary N) is 1. The molecule has 2 heterocycles. The number of halogens is 1. The molecule has 7 heteroatoms. The Kier molecular flexibility index (Phi) is 6.19. The SMILES string of the molecule is CCc1sc(C(=O)N2CCN(C(C(N)=O)c3ccc(Cl)cc3)CC2)cc1C. The van der Waals surface area contributed by atoms with Crippen molar-refractivity contribution in [2.75, 3.05) is 26.2 Å². The smallest absolute Gasteiger partial charge is 0.264 e. The van der Waals surface area contributed by atoms with Crippen LogP contribution in [-0.4, -0.2) is 47.8 Å². The molecule has 144 valence electrons. The van der Waals surface area contributed by atoms with Crippen molar-refractivity contribution < 1.29 is 9.59 Å². The molecule has 1 aliphatic heterocycles. The molecule has 2 N–H and O–H groups in total. The summed E-state index contributed by atoms with van der Waals surface area (Å²) >= 11 is 7.52. The van der Waals surface area contributed by atoms with Crippen LogP contribution in [0.25, 0.3) is 0 Å². The highest BCUT2D eigenvalue weighted by Crippen LogP contribution is 2.26. The molecule has 1 fully saturated rings. The predicted molar refractivity (Wildman–Crippen MR) is 109 cm³/mol. The maximum atomic E-state index is 12.8. The zero-order chi connectivity index (χ0) is 19.6. The minimum Gasteiger partial charge on any atom is -0.368 e. The van der Waals surface area contributed by atoms with Gasteiger partial charge in [-0.3, -0.25) is 14.5 Å². The molecule has 27 heavy (non-hydrogen) atoms. The number of nitrogens with zero attached hydrogens (tertiary/aromatic N) is 2. The maximum Gasteiger partial charge on any atom is 0.264 e. The normalized spacial score (nSPS) is 16.3. The molecule has 1 atom stereocenters. The monoisotopic (exact) mass is 405 g/mol. The van der Waals surface area contributed by atoms with E-state index in [1.54, 1.807) is 23.5 Å². The Morgan fingerprint density at radius 2 is 1.81 bits per heavy atom. The van der Waals surface area contributed by atoms with Crippen LogP contribution in [0.4, 0.5) is 0 Å². The number of amides is 2. The van der Waals surface area contributed by atoms with Crippen molar-refractivity contribution >= 4 is 34.8 Å². The first-order chi connectivity index (χ1) is 12.9. The summed E-state index contributed by atoms with van der Waals surface area (Å²) in [5.41, 5.74) is 7.67. The van der Waals surface area contributed by atoms with Crippen LogP contribution in [0.2, 0.25) is 5.02 Å². The summed E-state index contributed by atoms with van der Waals surface area (Å²) in [5, 5.41) is 0.620. The average molecular weight is 406 g/mol. The lowest BCUT2D eigenvalue weighted by Crippen LogP contribution is -2.51. The third kappa shape index (κ3) is 4.34. The Morgan fingerprint density at radius 1 is 1.19 bits per heavy atom. The minimum atomic E-state index is -0.504. The van der Waals surface area contributed by atoms with E-state index in [1.165, 1.54) is 10.4 Å².